The van der Waals surface area contributed by atoms with Crippen LogP contribution in [-0.4, -0.2) is 18.9 Å². The summed E-state index contributed by atoms with van der Waals surface area (Å²) in [5.74, 6) is 0.553. The third kappa shape index (κ3) is 5.53. The predicted octanol–water partition coefficient (Wildman–Crippen LogP) is 6.16. The number of nitrogens with one attached hydrogen (secondary N) is 1. The molecule has 2 rings (SSSR count). The summed E-state index contributed by atoms with van der Waals surface area (Å²) in [6.45, 7) is 10.8. The van der Waals surface area contributed by atoms with Gasteiger partial charge in [-0.05, 0) is 54.2 Å². The summed E-state index contributed by atoms with van der Waals surface area (Å²) in [6.07, 6.45) is 2.16. The highest BCUT2D eigenvalue weighted by Gasteiger charge is 2.24. The summed E-state index contributed by atoms with van der Waals surface area (Å²) in [7, 11) is 1.98. The average Bonchev–Trinajstić information content (AvgIpc) is 2.70. The molecule has 2 aromatic carbocycles. The highest BCUT2D eigenvalue weighted by atomic mass is 16.1. The molecule has 0 saturated carbocycles. The fourth-order valence-electron chi connectivity index (χ4n) is 3.97. The van der Waals surface area contributed by atoms with Crippen molar-refractivity contribution in [2.24, 2.45) is 5.92 Å². The lowest BCUT2D eigenvalue weighted by atomic mass is 9.82. The van der Waals surface area contributed by atoms with Crippen LogP contribution in [0.2, 0.25) is 0 Å². The fourth-order valence-corrected chi connectivity index (χ4v) is 3.97. The van der Waals surface area contributed by atoms with E-state index in [9.17, 15) is 4.79 Å². The molecule has 2 unspecified atom stereocenters. The van der Waals surface area contributed by atoms with Crippen molar-refractivity contribution in [2.75, 3.05) is 7.05 Å². The van der Waals surface area contributed by atoms with Gasteiger partial charge in [0.05, 0.1) is 0 Å². The second kappa shape index (κ2) is 10.8. The summed E-state index contributed by atoms with van der Waals surface area (Å²) in [5.41, 5.74) is 5.66. The number of ketones is 1. The van der Waals surface area contributed by atoms with Crippen molar-refractivity contribution in [1.29, 1.82) is 0 Å². The van der Waals surface area contributed by atoms with Gasteiger partial charge in [0, 0.05) is 18.9 Å². The van der Waals surface area contributed by atoms with Gasteiger partial charge in [-0.25, -0.2) is 0 Å². The van der Waals surface area contributed by atoms with Gasteiger partial charge in [0.15, 0.2) is 0 Å². The number of hydrogen-bond donors (Lipinski definition) is 1. The van der Waals surface area contributed by atoms with Crippen LogP contribution in [0.3, 0.4) is 0 Å². The molecule has 2 nitrogen and oxygen atoms in total. The van der Waals surface area contributed by atoms with Crippen LogP contribution in [0.1, 0.15) is 51.2 Å². The number of carbonyl (C=O) groups excluding carboxylic acids is 1. The van der Waals surface area contributed by atoms with E-state index in [1.54, 1.807) is 0 Å². The van der Waals surface area contributed by atoms with E-state index < -0.39 is 0 Å². The van der Waals surface area contributed by atoms with Gasteiger partial charge < -0.3 is 5.32 Å². The Morgan fingerprint density at radius 1 is 1.00 bits per heavy atom. The number of hydrogen-bond acceptors (Lipinski definition) is 2. The number of rotatable bonds is 10. The molecule has 0 radical (unpaired) electrons. The topological polar surface area (TPSA) is 29.1 Å². The minimum atomic E-state index is 0.108. The Kier molecular flexibility index (Phi) is 8.41. The van der Waals surface area contributed by atoms with Gasteiger partial charge in [-0.1, -0.05) is 81.1 Å². The molecule has 0 fully saturated rings. The molecule has 0 bridgehead atoms. The molecule has 2 aromatic rings. The lowest BCUT2D eigenvalue weighted by molar-refractivity contribution is -0.120. The average molecular weight is 376 g/mol. The van der Waals surface area contributed by atoms with E-state index in [4.69, 9.17) is 0 Å². The molecular formula is C26H33NO. The minimum Gasteiger partial charge on any atom is -0.313 e. The maximum Gasteiger partial charge on any atom is 0.133 e. The van der Waals surface area contributed by atoms with Gasteiger partial charge in [0.2, 0.25) is 0 Å². The summed E-state index contributed by atoms with van der Waals surface area (Å²) in [4.78, 5) is 12.2. The molecule has 148 valence electrons. The van der Waals surface area contributed by atoms with Crippen LogP contribution in [0.25, 0.3) is 11.1 Å². The second-order valence-electron chi connectivity index (χ2n) is 7.51. The van der Waals surface area contributed by atoms with Crippen LogP contribution in [0.4, 0.5) is 0 Å². The zero-order valence-corrected chi connectivity index (χ0v) is 17.7. The minimum absolute atomic E-state index is 0.108. The number of benzene rings is 2. The van der Waals surface area contributed by atoms with Crippen LogP contribution in [0.5, 0.6) is 0 Å². The van der Waals surface area contributed by atoms with Gasteiger partial charge in [-0.2, -0.15) is 0 Å². The molecule has 0 aliphatic heterocycles. The first kappa shape index (κ1) is 21.8. The summed E-state index contributed by atoms with van der Waals surface area (Å²) >= 11 is 0. The van der Waals surface area contributed by atoms with Crippen LogP contribution < -0.4 is 5.32 Å². The molecule has 1 N–H and O–H groups in total. The molecule has 28 heavy (non-hydrogen) atoms. The summed E-state index contributed by atoms with van der Waals surface area (Å²) in [5, 5.41) is 3.45. The SMILES string of the molecule is C=C(/C(=C(/C)C(NC)C(C)CC(=O)CCC)c1ccccc1)c1ccccc1. The van der Waals surface area contributed by atoms with Crippen molar-refractivity contribution >= 4 is 16.9 Å². The zero-order valence-electron chi connectivity index (χ0n) is 17.7. The maximum atomic E-state index is 12.2. The van der Waals surface area contributed by atoms with E-state index in [2.05, 4.69) is 69.1 Å². The Morgan fingerprint density at radius 3 is 2.04 bits per heavy atom. The van der Waals surface area contributed by atoms with E-state index in [1.165, 1.54) is 5.57 Å². The van der Waals surface area contributed by atoms with Crippen molar-refractivity contribution < 1.29 is 4.79 Å². The Morgan fingerprint density at radius 2 is 1.54 bits per heavy atom. The van der Waals surface area contributed by atoms with E-state index in [1.807, 2.05) is 31.3 Å². The molecule has 2 atom stereocenters. The molecule has 0 spiro atoms. The van der Waals surface area contributed by atoms with Crippen LogP contribution >= 0.6 is 0 Å². The molecule has 0 amide bonds. The largest absolute Gasteiger partial charge is 0.313 e. The maximum absolute atomic E-state index is 12.2. The third-order valence-electron chi connectivity index (χ3n) is 5.31. The van der Waals surface area contributed by atoms with E-state index in [-0.39, 0.29) is 12.0 Å². The lowest BCUT2D eigenvalue weighted by Crippen LogP contribution is -2.35. The Labute approximate surface area is 170 Å². The van der Waals surface area contributed by atoms with Gasteiger partial charge in [-0.15, -0.1) is 0 Å². The smallest absolute Gasteiger partial charge is 0.133 e. The fraction of sp³-hybridized carbons (Fsp3) is 0.346. The normalized spacial score (nSPS) is 14.1. The van der Waals surface area contributed by atoms with Crippen LogP contribution in [0.15, 0.2) is 72.8 Å². The van der Waals surface area contributed by atoms with Crippen molar-refractivity contribution in [2.45, 2.75) is 46.1 Å². The molecule has 0 aliphatic rings. The van der Waals surface area contributed by atoms with Gasteiger partial charge >= 0.3 is 0 Å². The zero-order chi connectivity index (χ0) is 20.5. The first-order chi connectivity index (χ1) is 13.5. The first-order valence-electron chi connectivity index (χ1n) is 10.2. The third-order valence-corrected chi connectivity index (χ3v) is 5.31. The molecule has 0 saturated heterocycles. The Hall–Kier alpha value is -2.45. The van der Waals surface area contributed by atoms with Gasteiger partial charge in [0.1, 0.15) is 5.78 Å². The van der Waals surface area contributed by atoms with Crippen molar-refractivity contribution in [3.63, 3.8) is 0 Å². The number of carbonyl (C=O) groups is 1. The molecule has 2 heteroatoms. The Balaban J connectivity index is 2.48. The van der Waals surface area contributed by atoms with Crippen molar-refractivity contribution in [1.82, 2.24) is 5.32 Å². The van der Waals surface area contributed by atoms with Gasteiger partial charge in [0.25, 0.3) is 0 Å². The number of allylic oxidation sites excluding steroid dienone is 2. The highest BCUT2D eigenvalue weighted by Crippen LogP contribution is 2.35. The second-order valence-corrected chi connectivity index (χ2v) is 7.51. The predicted molar refractivity (Wildman–Crippen MR) is 121 cm³/mol. The van der Waals surface area contributed by atoms with Crippen LogP contribution in [-0.2, 0) is 4.79 Å². The molecule has 0 aliphatic carbocycles. The molecule has 0 heterocycles. The lowest BCUT2D eigenvalue weighted by Gasteiger charge is -2.28. The standard InChI is InChI=1S/C26H33NO/c1-6-13-24(28)18-19(2)26(27-5)21(4)25(23-16-11-8-12-17-23)20(3)22-14-9-7-10-15-22/h7-12,14-17,19,26-27H,3,6,13,18H2,1-2,4-5H3/b25-21+. The quantitative estimate of drug-likeness (QED) is 0.504. The van der Waals surface area contributed by atoms with Crippen molar-refractivity contribution in [3.8, 4) is 0 Å². The van der Waals surface area contributed by atoms with E-state index in [0.717, 1.165) is 28.7 Å². The van der Waals surface area contributed by atoms with Crippen molar-refractivity contribution in [3.05, 3.63) is 83.9 Å². The highest BCUT2D eigenvalue weighted by molar-refractivity contribution is 6.05. The summed E-state index contributed by atoms with van der Waals surface area (Å²) in [6, 6.07) is 20.8. The Bertz CT molecular complexity index is 805. The van der Waals surface area contributed by atoms with E-state index >= 15 is 0 Å². The van der Waals surface area contributed by atoms with Crippen LogP contribution in [0, 0.1) is 5.92 Å². The summed E-state index contributed by atoms with van der Waals surface area (Å²) < 4.78 is 0. The number of Topliss-reactive ketones (excluding diaryl/α,β-unsaturated/α-hetero) is 1. The first-order valence-corrected chi connectivity index (χ1v) is 10.2. The molecule has 0 aromatic heterocycles. The molecular weight excluding hydrogens is 342 g/mol. The monoisotopic (exact) mass is 375 g/mol. The van der Waals surface area contributed by atoms with E-state index in [0.29, 0.717) is 18.6 Å². The number of likely N-dealkylation sites (N-methyl/N-ethyl adjacent to an activating group) is 1. The van der Waals surface area contributed by atoms with Gasteiger partial charge in [-0.3, -0.25) is 4.79 Å².